The Bertz CT molecular complexity index is 1400. The maximum Gasteiger partial charge on any atom is 0.275 e. The molecule has 0 fully saturated rings. The van der Waals surface area contributed by atoms with Gasteiger partial charge in [0.25, 0.3) is 11.8 Å². The number of nitrogens with zero attached hydrogens (tertiary/aromatic N) is 2. The molecule has 2 aromatic carbocycles. The van der Waals surface area contributed by atoms with Crippen LogP contribution in [0.1, 0.15) is 38.9 Å². The van der Waals surface area contributed by atoms with E-state index in [4.69, 9.17) is 4.74 Å². The number of ether oxygens (including phenoxy) is 1. The van der Waals surface area contributed by atoms with Crippen molar-refractivity contribution in [2.45, 2.75) is 32.7 Å². The zero-order valence-corrected chi connectivity index (χ0v) is 20.0. The Labute approximate surface area is 210 Å². The molecule has 192 valence electrons. The number of hydrogen-bond acceptors (Lipinski definition) is 4. The number of aromatic nitrogens is 1. The third-order valence-electron chi connectivity index (χ3n) is 6.12. The summed E-state index contributed by atoms with van der Waals surface area (Å²) in [6.07, 6.45) is 2.83. The summed E-state index contributed by atoms with van der Waals surface area (Å²) in [7, 11) is 0. The van der Waals surface area contributed by atoms with E-state index in [0.29, 0.717) is 18.7 Å². The van der Waals surface area contributed by atoms with Gasteiger partial charge in [0.1, 0.15) is 29.6 Å². The number of benzene rings is 2. The van der Waals surface area contributed by atoms with Crippen molar-refractivity contribution in [3.63, 3.8) is 0 Å². The highest BCUT2D eigenvalue weighted by atomic mass is 19.1. The van der Waals surface area contributed by atoms with Crippen molar-refractivity contribution in [3.8, 4) is 5.75 Å². The fourth-order valence-electron chi connectivity index (χ4n) is 4.03. The van der Waals surface area contributed by atoms with Crippen LogP contribution in [-0.4, -0.2) is 33.9 Å². The van der Waals surface area contributed by atoms with E-state index in [-0.39, 0.29) is 36.2 Å². The highest BCUT2D eigenvalue weighted by molar-refractivity contribution is 5.99. The highest BCUT2D eigenvalue weighted by Crippen LogP contribution is 2.24. The number of carbonyl (C=O) groups excluding carboxylic acids is 2. The summed E-state index contributed by atoms with van der Waals surface area (Å²) in [6, 6.07) is 9.64. The maximum atomic E-state index is 14.0. The lowest BCUT2D eigenvalue weighted by Crippen LogP contribution is -2.46. The molecule has 0 saturated heterocycles. The van der Waals surface area contributed by atoms with Crippen molar-refractivity contribution in [2.75, 3.05) is 6.54 Å². The van der Waals surface area contributed by atoms with Crippen LogP contribution in [-0.2, 0) is 19.7 Å². The van der Waals surface area contributed by atoms with Gasteiger partial charge in [-0.3, -0.25) is 14.4 Å². The van der Waals surface area contributed by atoms with Gasteiger partial charge >= 0.3 is 0 Å². The lowest BCUT2D eigenvalue weighted by molar-refractivity contribution is 0.0657. The Kier molecular flexibility index (Phi) is 7.47. The van der Waals surface area contributed by atoms with Gasteiger partial charge in [0.05, 0.1) is 0 Å². The van der Waals surface area contributed by atoms with Crippen LogP contribution < -0.4 is 15.5 Å². The van der Waals surface area contributed by atoms with E-state index in [1.54, 1.807) is 37.3 Å². The van der Waals surface area contributed by atoms with E-state index in [1.165, 1.54) is 15.7 Å². The van der Waals surface area contributed by atoms with Crippen LogP contribution in [0, 0.1) is 17.5 Å². The first-order valence-corrected chi connectivity index (χ1v) is 11.5. The monoisotopic (exact) mass is 511 g/mol. The molecular weight excluding hydrogens is 487 g/mol. The fraction of sp³-hybridized carbons (Fsp3) is 0.222. The number of rotatable bonds is 8. The molecule has 0 aliphatic carbocycles. The van der Waals surface area contributed by atoms with Crippen molar-refractivity contribution in [3.05, 3.63) is 111 Å². The Morgan fingerprint density at radius 1 is 1.14 bits per heavy atom. The first-order valence-electron chi connectivity index (χ1n) is 11.5. The van der Waals surface area contributed by atoms with E-state index in [2.05, 4.69) is 11.9 Å². The molecule has 1 aliphatic heterocycles. The quantitative estimate of drug-likeness (QED) is 0.467. The molecule has 7 nitrogen and oxygen atoms in total. The van der Waals surface area contributed by atoms with Gasteiger partial charge in [0.15, 0.2) is 11.4 Å². The molecule has 0 bridgehead atoms. The molecule has 2 amide bonds. The van der Waals surface area contributed by atoms with Crippen molar-refractivity contribution in [1.82, 2.24) is 14.8 Å². The average molecular weight is 512 g/mol. The van der Waals surface area contributed by atoms with E-state index >= 15 is 0 Å². The molecule has 2 heterocycles. The van der Waals surface area contributed by atoms with Crippen LogP contribution in [0.5, 0.6) is 5.75 Å². The van der Waals surface area contributed by atoms with Gasteiger partial charge in [-0.2, -0.15) is 0 Å². The molecule has 10 heteroatoms. The first kappa shape index (κ1) is 25.7. The predicted molar refractivity (Wildman–Crippen MR) is 130 cm³/mol. The number of fused-ring (bicyclic) bond motifs is 1. The summed E-state index contributed by atoms with van der Waals surface area (Å²) >= 11 is 0. The molecule has 4 rings (SSSR count). The Balaban J connectivity index is 1.70. The average Bonchev–Trinajstić information content (AvgIpc) is 2.87. The smallest absolute Gasteiger partial charge is 0.275 e. The van der Waals surface area contributed by atoms with E-state index < -0.39 is 46.8 Å². The van der Waals surface area contributed by atoms with Crippen LogP contribution in [0.2, 0.25) is 0 Å². The largest absolute Gasteiger partial charge is 0.483 e. The van der Waals surface area contributed by atoms with E-state index in [0.717, 1.165) is 5.56 Å². The number of pyridine rings is 1. The van der Waals surface area contributed by atoms with Crippen LogP contribution >= 0.6 is 0 Å². The summed E-state index contributed by atoms with van der Waals surface area (Å²) in [6.45, 7) is 5.42. The molecule has 1 aliphatic rings. The number of nitrogens with one attached hydrogen (secondary N) is 1. The summed E-state index contributed by atoms with van der Waals surface area (Å²) in [4.78, 5) is 41.2. The second kappa shape index (κ2) is 10.7. The molecule has 0 saturated carbocycles. The van der Waals surface area contributed by atoms with Crippen LogP contribution in [0.25, 0.3) is 0 Å². The third kappa shape index (κ3) is 5.28. The number of carbonyl (C=O) groups is 2. The van der Waals surface area contributed by atoms with Crippen molar-refractivity contribution >= 4 is 11.8 Å². The zero-order valence-electron chi connectivity index (χ0n) is 20.0. The second-order valence-electron chi connectivity index (χ2n) is 8.52. The topological polar surface area (TPSA) is 80.6 Å². The third-order valence-corrected chi connectivity index (χ3v) is 6.12. The van der Waals surface area contributed by atoms with Gasteiger partial charge in [-0.25, -0.2) is 13.2 Å². The Morgan fingerprint density at radius 2 is 1.81 bits per heavy atom. The molecule has 1 N–H and O–H groups in total. The lowest BCUT2D eigenvalue weighted by Gasteiger charge is -2.34. The van der Waals surface area contributed by atoms with Crippen molar-refractivity contribution < 1.29 is 27.5 Å². The first-order chi connectivity index (χ1) is 17.7. The Hall–Kier alpha value is -4.34. The lowest BCUT2D eigenvalue weighted by atomic mass is 10.1. The molecule has 37 heavy (non-hydrogen) atoms. The summed E-state index contributed by atoms with van der Waals surface area (Å²) in [5, 5.41) is 2.29. The Morgan fingerprint density at radius 3 is 2.46 bits per heavy atom. The van der Waals surface area contributed by atoms with Gasteiger partial charge in [0, 0.05) is 49.6 Å². The summed E-state index contributed by atoms with van der Waals surface area (Å²) < 4.78 is 48.5. The molecule has 0 radical (unpaired) electrons. The van der Waals surface area contributed by atoms with E-state index in [1.807, 2.05) is 6.07 Å². The molecule has 0 unspecified atom stereocenters. The molecule has 1 aromatic heterocycles. The van der Waals surface area contributed by atoms with Crippen LogP contribution in [0.3, 0.4) is 0 Å². The van der Waals surface area contributed by atoms with Gasteiger partial charge in [0.2, 0.25) is 5.43 Å². The van der Waals surface area contributed by atoms with Crippen LogP contribution in [0.4, 0.5) is 13.2 Å². The minimum absolute atomic E-state index is 0.00643. The van der Waals surface area contributed by atoms with Gasteiger partial charge < -0.3 is 19.5 Å². The summed E-state index contributed by atoms with van der Waals surface area (Å²) in [5.41, 5.74) is -1.04. The number of amides is 2. The molecule has 3 aromatic rings. The normalized spacial score (nSPS) is 13.6. The number of halogens is 3. The molecular formula is C27H24F3N3O4. The SMILES string of the molecule is C=C[C@H](C)N1CCn2cc(C(=O)NCc3c(F)cc(F)cc3F)c(=O)c(OCc3ccccc3)c2C1=O. The predicted octanol–water partition coefficient (Wildman–Crippen LogP) is 3.80. The second-order valence-corrected chi connectivity index (χ2v) is 8.52. The van der Waals surface area contributed by atoms with E-state index in [9.17, 15) is 27.6 Å². The zero-order chi connectivity index (χ0) is 26.7. The van der Waals surface area contributed by atoms with Crippen molar-refractivity contribution in [2.24, 2.45) is 0 Å². The minimum atomic E-state index is -1.17. The molecule has 0 spiro atoms. The van der Waals surface area contributed by atoms with Crippen LogP contribution in [0.15, 0.2) is 66.1 Å². The maximum absolute atomic E-state index is 14.0. The van der Waals surface area contributed by atoms with Gasteiger partial charge in [-0.05, 0) is 12.5 Å². The van der Waals surface area contributed by atoms with Gasteiger partial charge in [-0.1, -0.05) is 36.4 Å². The van der Waals surface area contributed by atoms with Crippen molar-refractivity contribution in [1.29, 1.82) is 0 Å². The van der Waals surface area contributed by atoms with Gasteiger partial charge in [-0.15, -0.1) is 6.58 Å². The standard InChI is InChI=1S/C27H24F3N3O4/c1-3-16(2)33-10-9-32-14-20(26(35)31-13-19-21(29)11-18(28)12-22(19)30)24(34)25(23(32)27(33)36)37-15-17-7-5-4-6-8-17/h3-8,11-12,14,16H,1,9-10,13,15H2,2H3,(H,31,35)/t16-/m0/s1. The minimum Gasteiger partial charge on any atom is -0.483 e. The fourth-order valence-corrected chi connectivity index (χ4v) is 4.03. The highest BCUT2D eigenvalue weighted by Gasteiger charge is 2.33. The molecule has 1 atom stereocenters. The summed E-state index contributed by atoms with van der Waals surface area (Å²) in [5.74, 6) is -5.13. The number of hydrogen-bond donors (Lipinski definition) is 1.